The van der Waals surface area contributed by atoms with Crippen LogP contribution in [0.3, 0.4) is 0 Å². The summed E-state index contributed by atoms with van der Waals surface area (Å²) >= 11 is 0. The van der Waals surface area contributed by atoms with Crippen molar-refractivity contribution < 1.29 is 18.7 Å². The molecule has 1 saturated heterocycles. The second-order valence-electron chi connectivity index (χ2n) is 9.11. The maximum atomic E-state index is 13.0. The number of carbonyl (C=O) groups is 1. The Morgan fingerprint density at radius 1 is 1.23 bits per heavy atom. The van der Waals surface area contributed by atoms with Gasteiger partial charge in [0, 0.05) is 37.8 Å². The molecule has 2 aliphatic rings. The van der Waals surface area contributed by atoms with Crippen molar-refractivity contribution in [3.63, 3.8) is 0 Å². The average Bonchev–Trinajstić information content (AvgIpc) is 2.74. The van der Waals surface area contributed by atoms with Gasteiger partial charge in [0.05, 0.1) is 24.5 Å². The molecular weight excluding hydrogens is 396 g/mol. The minimum absolute atomic E-state index is 0.0347. The molecule has 0 spiro atoms. The zero-order valence-corrected chi connectivity index (χ0v) is 19.2. The molecule has 7 nitrogen and oxygen atoms in total. The number of methoxy groups -OCH3 is 1. The third kappa shape index (κ3) is 4.03. The van der Waals surface area contributed by atoms with Crippen molar-refractivity contribution in [2.24, 2.45) is 0 Å². The predicted molar refractivity (Wildman–Crippen MR) is 119 cm³/mol. The van der Waals surface area contributed by atoms with Gasteiger partial charge in [-0.2, -0.15) is 0 Å². The van der Waals surface area contributed by atoms with Crippen molar-refractivity contribution in [1.82, 2.24) is 9.80 Å². The molecule has 1 aromatic carbocycles. The zero-order chi connectivity index (χ0) is 22.3. The van der Waals surface area contributed by atoms with Gasteiger partial charge in [0.2, 0.25) is 5.91 Å². The van der Waals surface area contributed by atoms with Gasteiger partial charge in [-0.05, 0) is 45.7 Å². The fourth-order valence-corrected chi connectivity index (χ4v) is 4.62. The first kappa shape index (κ1) is 21.7. The van der Waals surface area contributed by atoms with Gasteiger partial charge in [0.1, 0.15) is 22.7 Å². The van der Waals surface area contributed by atoms with E-state index in [-0.39, 0.29) is 17.9 Å². The van der Waals surface area contributed by atoms with Crippen LogP contribution in [0.25, 0.3) is 11.0 Å². The van der Waals surface area contributed by atoms with E-state index in [1.54, 1.807) is 7.11 Å². The summed E-state index contributed by atoms with van der Waals surface area (Å²) in [5.41, 5.74) is 1.83. The Kier molecular flexibility index (Phi) is 5.73. The number of likely N-dealkylation sites (N-methyl/N-ethyl adjacent to an activating group) is 1. The van der Waals surface area contributed by atoms with E-state index in [9.17, 15) is 9.59 Å². The molecule has 0 radical (unpaired) electrons. The highest BCUT2D eigenvalue weighted by molar-refractivity contribution is 5.93. The minimum atomic E-state index is -0.453. The van der Waals surface area contributed by atoms with Gasteiger partial charge in [-0.15, -0.1) is 0 Å². The highest BCUT2D eigenvalue weighted by Gasteiger charge is 2.31. The lowest BCUT2D eigenvalue weighted by molar-refractivity contribution is -0.132. The first-order chi connectivity index (χ1) is 14.7. The van der Waals surface area contributed by atoms with Crippen LogP contribution in [0.4, 0.5) is 0 Å². The lowest BCUT2D eigenvalue weighted by Crippen LogP contribution is -2.49. The average molecular weight is 429 g/mol. The Labute approximate surface area is 182 Å². The highest BCUT2D eigenvalue weighted by atomic mass is 16.5. The third-order valence-corrected chi connectivity index (χ3v) is 6.66. The van der Waals surface area contributed by atoms with Crippen LogP contribution in [0.1, 0.15) is 43.9 Å². The Morgan fingerprint density at radius 3 is 2.58 bits per heavy atom. The van der Waals surface area contributed by atoms with Gasteiger partial charge in [-0.3, -0.25) is 4.79 Å². The van der Waals surface area contributed by atoms with Gasteiger partial charge >= 0.3 is 5.63 Å². The first-order valence-electron chi connectivity index (χ1n) is 11.1. The lowest BCUT2D eigenvalue weighted by Gasteiger charge is -2.34. The lowest BCUT2D eigenvalue weighted by atomic mass is 9.91. The van der Waals surface area contributed by atoms with Crippen LogP contribution >= 0.6 is 0 Å². The summed E-state index contributed by atoms with van der Waals surface area (Å²) in [6, 6.07) is 1.88. The molecule has 168 valence electrons. The summed E-state index contributed by atoms with van der Waals surface area (Å²) in [5, 5.41) is 0.753. The van der Waals surface area contributed by atoms with E-state index in [1.807, 2.05) is 31.7 Å². The molecular formula is C24H32N2O5. The molecule has 1 aromatic heterocycles. The van der Waals surface area contributed by atoms with Gasteiger partial charge in [-0.25, -0.2) is 4.79 Å². The number of amides is 1. The van der Waals surface area contributed by atoms with Crippen molar-refractivity contribution >= 4 is 16.9 Å². The molecule has 4 rings (SSSR count). The van der Waals surface area contributed by atoms with Gasteiger partial charge in [0.25, 0.3) is 0 Å². The van der Waals surface area contributed by atoms with Crippen molar-refractivity contribution in [1.29, 1.82) is 0 Å². The van der Waals surface area contributed by atoms with Crippen molar-refractivity contribution in [2.45, 2.75) is 52.6 Å². The molecule has 0 bridgehead atoms. The molecule has 7 heteroatoms. The molecule has 1 amide bonds. The summed E-state index contributed by atoms with van der Waals surface area (Å²) in [5.74, 6) is 1.26. The molecule has 0 aliphatic carbocycles. The fourth-order valence-electron chi connectivity index (χ4n) is 4.62. The molecule has 0 N–H and O–H groups in total. The van der Waals surface area contributed by atoms with Crippen LogP contribution in [-0.2, 0) is 17.6 Å². The Bertz CT molecular complexity index is 1060. The van der Waals surface area contributed by atoms with Crippen molar-refractivity contribution in [2.75, 3.05) is 39.8 Å². The smallest absolute Gasteiger partial charge is 0.340 e. The van der Waals surface area contributed by atoms with Crippen molar-refractivity contribution in [3.8, 4) is 11.5 Å². The number of hydrogen-bond donors (Lipinski definition) is 0. The van der Waals surface area contributed by atoms with Crippen LogP contribution < -0.4 is 15.1 Å². The molecule has 31 heavy (non-hydrogen) atoms. The normalized spacial score (nSPS) is 18.5. The summed E-state index contributed by atoms with van der Waals surface area (Å²) < 4.78 is 17.6. The van der Waals surface area contributed by atoms with E-state index in [0.717, 1.165) is 49.0 Å². The molecule has 2 aliphatic heterocycles. The molecule has 2 aromatic rings. The number of nitrogens with zero attached hydrogens (tertiary/aromatic N) is 2. The number of ether oxygens (including phenoxy) is 2. The standard InChI is InChI=1S/C24H32N2O5/c1-6-25-9-11-26(12-10-25)20(27)13-17-15(2)21-19(29-5)14-18-16(22(21)30-23(17)28)7-8-24(3,4)31-18/h14H,6-13H2,1-5H3. The largest absolute Gasteiger partial charge is 0.496 e. The number of fused-ring (bicyclic) bond motifs is 3. The molecule has 1 fully saturated rings. The number of aryl methyl sites for hydroxylation is 2. The second-order valence-corrected chi connectivity index (χ2v) is 9.11. The molecule has 3 heterocycles. The first-order valence-corrected chi connectivity index (χ1v) is 11.1. The van der Waals surface area contributed by atoms with Gasteiger partial charge in [-0.1, -0.05) is 6.92 Å². The Balaban J connectivity index is 1.72. The maximum Gasteiger partial charge on any atom is 0.340 e. The highest BCUT2D eigenvalue weighted by Crippen LogP contribution is 2.43. The minimum Gasteiger partial charge on any atom is -0.496 e. The molecule has 0 unspecified atom stereocenters. The summed E-state index contributed by atoms with van der Waals surface area (Å²) in [4.78, 5) is 30.1. The van der Waals surface area contributed by atoms with Crippen LogP contribution in [-0.4, -0.2) is 61.1 Å². The van der Waals surface area contributed by atoms with Crippen molar-refractivity contribution in [3.05, 3.63) is 33.2 Å². The SMILES string of the molecule is CCN1CCN(C(=O)Cc2c(C)c3c(OC)cc4c(c3oc2=O)CCC(C)(C)O4)CC1. The Morgan fingerprint density at radius 2 is 1.94 bits per heavy atom. The third-order valence-electron chi connectivity index (χ3n) is 6.66. The quantitative estimate of drug-likeness (QED) is 0.698. The second kappa shape index (κ2) is 8.19. The van der Waals surface area contributed by atoms with E-state index in [0.29, 0.717) is 35.7 Å². The summed E-state index contributed by atoms with van der Waals surface area (Å²) in [7, 11) is 1.59. The fraction of sp³-hybridized carbons (Fsp3) is 0.583. The predicted octanol–water partition coefficient (Wildman–Crippen LogP) is 2.92. The van der Waals surface area contributed by atoms with E-state index in [1.165, 1.54) is 0 Å². The zero-order valence-electron chi connectivity index (χ0n) is 19.2. The van der Waals surface area contributed by atoms with Crippen LogP contribution in [0.2, 0.25) is 0 Å². The number of hydrogen-bond acceptors (Lipinski definition) is 6. The van der Waals surface area contributed by atoms with E-state index in [2.05, 4.69) is 11.8 Å². The van der Waals surface area contributed by atoms with E-state index in [4.69, 9.17) is 13.9 Å². The van der Waals surface area contributed by atoms with E-state index < -0.39 is 5.63 Å². The molecule has 0 atom stereocenters. The number of benzene rings is 1. The van der Waals surface area contributed by atoms with Crippen LogP contribution in [0.5, 0.6) is 11.5 Å². The number of rotatable bonds is 4. The van der Waals surface area contributed by atoms with Crippen LogP contribution in [0, 0.1) is 6.92 Å². The summed E-state index contributed by atoms with van der Waals surface area (Å²) in [6.45, 7) is 12.2. The van der Waals surface area contributed by atoms with Gasteiger partial charge < -0.3 is 23.7 Å². The monoisotopic (exact) mass is 428 g/mol. The summed E-state index contributed by atoms with van der Waals surface area (Å²) in [6.07, 6.45) is 1.62. The number of piperazine rings is 1. The molecule has 0 saturated carbocycles. The number of carbonyl (C=O) groups excluding carboxylic acids is 1. The Hall–Kier alpha value is -2.54. The van der Waals surface area contributed by atoms with Gasteiger partial charge in [0.15, 0.2) is 0 Å². The van der Waals surface area contributed by atoms with Crippen LogP contribution in [0.15, 0.2) is 15.3 Å². The van der Waals surface area contributed by atoms with E-state index >= 15 is 0 Å². The maximum absolute atomic E-state index is 13.0. The topological polar surface area (TPSA) is 72.2 Å².